The molecule has 7 atom stereocenters. The summed E-state index contributed by atoms with van der Waals surface area (Å²) in [5, 5.41) is 0. The van der Waals surface area contributed by atoms with Gasteiger partial charge in [-0.25, -0.2) is 0 Å². The molecule has 0 amide bonds. The van der Waals surface area contributed by atoms with E-state index in [-0.39, 0.29) is 0 Å². The Labute approximate surface area is 186 Å². The lowest BCUT2D eigenvalue weighted by molar-refractivity contribution is -0.0581. The maximum Gasteiger partial charge on any atom is 0.0613 e. The van der Waals surface area contributed by atoms with Crippen molar-refractivity contribution >= 4 is 0 Å². The molecule has 0 radical (unpaired) electrons. The number of rotatable bonds is 8. The Morgan fingerprint density at radius 2 is 1.90 bits per heavy atom. The summed E-state index contributed by atoms with van der Waals surface area (Å²) < 4.78 is 6.06. The zero-order valence-electron chi connectivity index (χ0n) is 20.4. The minimum atomic E-state index is 0.417. The van der Waals surface area contributed by atoms with Gasteiger partial charge in [0, 0.05) is 6.54 Å². The minimum absolute atomic E-state index is 0.417. The smallest absolute Gasteiger partial charge is 0.0613 e. The Morgan fingerprint density at radius 1 is 1.07 bits per heavy atom. The molecule has 0 saturated heterocycles. The van der Waals surface area contributed by atoms with Crippen molar-refractivity contribution in [2.45, 2.75) is 111 Å². The van der Waals surface area contributed by atoms with Crippen molar-refractivity contribution in [1.29, 1.82) is 0 Å². The first-order valence-electron chi connectivity index (χ1n) is 13.4. The summed E-state index contributed by atoms with van der Waals surface area (Å²) in [4.78, 5) is 0. The Kier molecular flexibility index (Phi) is 7.05. The SMILES string of the molecule is CC(C)CCCC[C@H]1CCC2C3CC=C4C[C@@H](OCCN)CC[C@]4(C)C3CC[C@@]21C. The molecule has 0 spiro atoms. The maximum absolute atomic E-state index is 6.06. The quantitative estimate of drug-likeness (QED) is 0.338. The summed E-state index contributed by atoms with van der Waals surface area (Å²) in [6.07, 6.45) is 20.0. The van der Waals surface area contributed by atoms with Crippen LogP contribution in [0.1, 0.15) is 105 Å². The number of fused-ring (bicyclic) bond motifs is 5. The zero-order valence-corrected chi connectivity index (χ0v) is 20.4. The van der Waals surface area contributed by atoms with Gasteiger partial charge >= 0.3 is 0 Å². The van der Waals surface area contributed by atoms with E-state index in [1.807, 2.05) is 0 Å². The van der Waals surface area contributed by atoms with E-state index < -0.39 is 0 Å². The van der Waals surface area contributed by atoms with Crippen LogP contribution in [0.4, 0.5) is 0 Å². The van der Waals surface area contributed by atoms with Gasteiger partial charge in [-0.15, -0.1) is 0 Å². The summed E-state index contributed by atoms with van der Waals surface area (Å²) in [6.45, 7) is 11.4. The lowest BCUT2D eigenvalue weighted by Crippen LogP contribution is -2.50. The van der Waals surface area contributed by atoms with Crippen LogP contribution >= 0.6 is 0 Å². The fourth-order valence-corrected chi connectivity index (χ4v) is 8.53. The molecule has 172 valence electrons. The highest BCUT2D eigenvalue weighted by atomic mass is 16.5. The molecule has 3 unspecified atom stereocenters. The van der Waals surface area contributed by atoms with Gasteiger partial charge in [0.05, 0.1) is 12.7 Å². The van der Waals surface area contributed by atoms with Crippen LogP contribution < -0.4 is 5.73 Å². The van der Waals surface area contributed by atoms with Crippen molar-refractivity contribution in [2.24, 2.45) is 46.2 Å². The molecule has 0 aromatic heterocycles. The maximum atomic E-state index is 6.06. The molecule has 2 nitrogen and oxygen atoms in total. The van der Waals surface area contributed by atoms with E-state index in [4.69, 9.17) is 10.5 Å². The molecule has 3 saturated carbocycles. The number of hydrogen-bond acceptors (Lipinski definition) is 2. The van der Waals surface area contributed by atoms with Gasteiger partial charge in [0.15, 0.2) is 0 Å². The molecule has 4 aliphatic carbocycles. The van der Waals surface area contributed by atoms with Gasteiger partial charge in [-0.1, -0.05) is 58.6 Å². The summed E-state index contributed by atoms with van der Waals surface area (Å²) in [7, 11) is 0. The van der Waals surface area contributed by atoms with E-state index in [0.29, 0.717) is 23.5 Å². The van der Waals surface area contributed by atoms with Crippen molar-refractivity contribution in [3.63, 3.8) is 0 Å². The van der Waals surface area contributed by atoms with Crippen LogP contribution in [0.5, 0.6) is 0 Å². The van der Waals surface area contributed by atoms with E-state index in [2.05, 4.69) is 33.8 Å². The van der Waals surface area contributed by atoms with E-state index >= 15 is 0 Å². The van der Waals surface area contributed by atoms with Gasteiger partial charge in [0.25, 0.3) is 0 Å². The topological polar surface area (TPSA) is 35.2 Å². The van der Waals surface area contributed by atoms with Crippen LogP contribution in [-0.2, 0) is 4.74 Å². The van der Waals surface area contributed by atoms with Crippen molar-refractivity contribution in [3.05, 3.63) is 11.6 Å². The summed E-state index contributed by atoms with van der Waals surface area (Å²) >= 11 is 0. The Bertz CT molecular complexity index is 612. The van der Waals surface area contributed by atoms with Gasteiger partial charge in [-0.05, 0) is 98.2 Å². The molecular formula is C28H49NO. The van der Waals surface area contributed by atoms with Gasteiger partial charge in [-0.2, -0.15) is 0 Å². The minimum Gasteiger partial charge on any atom is -0.377 e. The fourth-order valence-electron chi connectivity index (χ4n) is 8.53. The van der Waals surface area contributed by atoms with Crippen LogP contribution in [0, 0.1) is 40.4 Å². The largest absolute Gasteiger partial charge is 0.377 e. The fraction of sp³-hybridized carbons (Fsp3) is 0.929. The molecule has 2 N–H and O–H groups in total. The molecule has 30 heavy (non-hydrogen) atoms. The highest BCUT2D eigenvalue weighted by Gasteiger charge is 2.58. The normalized spacial score (nSPS) is 43.1. The highest BCUT2D eigenvalue weighted by Crippen LogP contribution is 2.66. The first-order chi connectivity index (χ1) is 14.4. The van der Waals surface area contributed by atoms with Crippen LogP contribution in [0.15, 0.2) is 11.6 Å². The number of unbranched alkanes of at least 4 members (excludes halogenated alkanes) is 1. The van der Waals surface area contributed by atoms with Crippen molar-refractivity contribution in [2.75, 3.05) is 13.2 Å². The molecule has 3 fully saturated rings. The summed E-state index contributed by atoms with van der Waals surface area (Å²) in [5.74, 6) is 4.71. The Balaban J connectivity index is 1.42. The first kappa shape index (κ1) is 22.8. The first-order valence-corrected chi connectivity index (χ1v) is 13.4. The van der Waals surface area contributed by atoms with Crippen LogP contribution in [0.2, 0.25) is 0 Å². The predicted molar refractivity (Wildman–Crippen MR) is 127 cm³/mol. The standard InChI is InChI=1S/C28H49NO/c1-20(2)7-5-6-8-21-10-12-25-24-11-9-22-19-23(30-18-17-29)13-15-28(22,4)26(24)14-16-27(21,25)3/h9,20-21,23-26H,5-8,10-19,29H2,1-4H3/t21-,23-,24?,25?,26?,27+,28-/m0/s1. The number of nitrogens with two attached hydrogens (primary N) is 1. The number of ether oxygens (including phenoxy) is 1. The Morgan fingerprint density at radius 3 is 2.67 bits per heavy atom. The van der Waals surface area contributed by atoms with E-state index in [9.17, 15) is 0 Å². The summed E-state index contributed by atoms with van der Waals surface area (Å²) in [5.41, 5.74) is 8.49. The molecule has 0 aliphatic heterocycles. The monoisotopic (exact) mass is 415 g/mol. The van der Waals surface area contributed by atoms with Crippen LogP contribution in [0.25, 0.3) is 0 Å². The van der Waals surface area contributed by atoms with E-state index in [0.717, 1.165) is 36.2 Å². The van der Waals surface area contributed by atoms with Gasteiger partial charge in [0.2, 0.25) is 0 Å². The predicted octanol–water partition coefficient (Wildman–Crippen LogP) is 7.13. The molecule has 0 heterocycles. The molecule has 0 aromatic rings. The average molecular weight is 416 g/mol. The van der Waals surface area contributed by atoms with Gasteiger partial charge in [-0.3, -0.25) is 0 Å². The molecular weight excluding hydrogens is 366 g/mol. The average Bonchev–Trinajstić information content (AvgIpc) is 3.05. The third kappa shape index (κ3) is 4.17. The third-order valence-electron chi connectivity index (χ3n) is 10.3. The van der Waals surface area contributed by atoms with Crippen molar-refractivity contribution in [1.82, 2.24) is 0 Å². The van der Waals surface area contributed by atoms with Crippen molar-refractivity contribution < 1.29 is 4.74 Å². The highest BCUT2D eigenvalue weighted by molar-refractivity contribution is 5.25. The van der Waals surface area contributed by atoms with E-state index in [1.165, 1.54) is 77.0 Å². The second kappa shape index (κ2) is 9.26. The van der Waals surface area contributed by atoms with Crippen LogP contribution in [-0.4, -0.2) is 19.3 Å². The van der Waals surface area contributed by atoms with Gasteiger partial charge < -0.3 is 10.5 Å². The van der Waals surface area contributed by atoms with E-state index in [1.54, 1.807) is 5.57 Å². The number of allylic oxidation sites excluding steroid dienone is 1. The summed E-state index contributed by atoms with van der Waals surface area (Å²) in [6, 6.07) is 0. The lowest BCUT2D eigenvalue weighted by atomic mass is 9.47. The molecule has 2 heteroatoms. The third-order valence-corrected chi connectivity index (χ3v) is 10.3. The Hall–Kier alpha value is -0.340. The molecule has 4 rings (SSSR count). The molecule has 0 bridgehead atoms. The second-order valence-corrected chi connectivity index (χ2v) is 12.3. The van der Waals surface area contributed by atoms with Crippen LogP contribution in [0.3, 0.4) is 0 Å². The number of hydrogen-bond donors (Lipinski definition) is 1. The molecule has 0 aromatic carbocycles. The lowest BCUT2D eigenvalue weighted by Gasteiger charge is -2.58. The second-order valence-electron chi connectivity index (χ2n) is 12.3. The zero-order chi connectivity index (χ0) is 21.4. The molecule has 4 aliphatic rings. The van der Waals surface area contributed by atoms with Gasteiger partial charge in [0.1, 0.15) is 0 Å². The van der Waals surface area contributed by atoms with Crippen molar-refractivity contribution in [3.8, 4) is 0 Å².